The van der Waals surface area contributed by atoms with Gasteiger partial charge in [0.05, 0.1) is 19.2 Å². The Morgan fingerprint density at radius 3 is 2.22 bits per heavy atom. The zero-order valence-electron chi connectivity index (χ0n) is 17.9. The molecule has 0 radical (unpaired) electrons. The number of para-hydroxylation sites is 2. The zero-order valence-corrected chi connectivity index (χ0v) is 18.7. The third-order valence-electron chi connectivity index (χ3n) is 5.46. The Bertz CT molecular complexity index is 1190. The molecule has 1 heterocycles. The Morgan fingerprint density at radius 1 is 0.875 bits per heavy atom. The van der Waals surface area contributed by atoms with Crippen molar-refractivity contribution >= 4 is 34.7 Å². The highest BCUT2D eigenvalue weighted by atomic mass is 35.5. The van der Waals surface area contributed by atoms with Crippen molar-refractivity contribution in [2.45, 2.75) is 13.5 Å². The van der Waals surface area contributed by atoms with Gasteiger partial charge in [-0.15, -0.1) is 0 Å². The third kappa shape index (κ3) is 3.87. The molecule has 0 aromatic heterocycles. The molecule has 0 saturated carbocycles. The number of hydrogen-bond acceptors (Lipinski definition) is 4. The SMILES string of the molecule is CCN(C1=C(c2ccccc2OC)C(=O)N(Cc2ccccc2Cl)C1=O)c1ccccc1. The molecule has 32 heavy (non-hydrogen) atoms. The lowest BCUT2D eigenvalue weighted by Gasteiger charge is -2.25. The topological polar surface area (TPSA) is 49.9 Å². The predicted molar refractivity (Wildman–Crippen MR) is 126 cm³/mol. The fraction of sp³-hybridized carbons (Fsp3) is 0.154. The summed E-state index contributed by atoms with van der Waals surface area (Å²) in [5, 5.41) is 0.510. The molecule has 3 aromatic carbocycles. The minimum Gasteiger partial charge on any atom is -0.496 e. The molecule has 0 unspecified atom stereocenters. The first-order chi connectivity index (χ1) is 15.6. The Kier molecular flexibility index (Phi) is 6.28. The number of amides is 2. The highest BCUT2D eigenvalue weighted by Gasteiger charge is 2.42. The van der Waals surface area contributed by atoms with Crippen LogP contribution in [0.1, 0.15) is 18.1 Å². The van der Waals surface area contributed by atoms with Crippen LogP contribution < -0.4 is 9.64 Å². The molecule has 0 N–H and O–H groups in total. The van der Waals surface area contributed by atoms with Gasteiger partial charge in [0.15, 0.2) is 0 Å². The van der Waals surface area contributed by atoms with Crippen molar-refractivity contribution in [1.29, 1.82) is 0 Å². The smallest absolute Gasteiger partial charge is 0.278 e. The van der Waals surface area contributed by atoms with E-state index in [1.54, 1.807) is 25.3 Å². The summed E-state index contributed by atoms with van der Waals surface area (Å²) in [7, 11) is 1.55. The van der Waals surface area contributed by atoms with E-state index in [1.165, 1.54) is 4.90 Å². The van der Waals surface area contributed by atoms with E-state index in [0.717, 1.165) is 5.69 Å². The fourth-order valence-corrected chi connectivity index (χ4v) is 4.12. The van der Waals surface area contributed by atoms with Gasteiger partial charge >= 0.3 is 0 Å². The number of anilines is 1. The van der Waals surface area contributed by atoms with Crippen LogP contribution in [0.15, 0.2) is 84.6 Å². The summed E-state index contributed by atoms with van der Waals surface area (Å²) in [5.41, 5.74) is 2.78. The monoisotopic (exact) mass is 446 g/mol. The van der Waals surface area contributed by atoms with Crippen LogP contribution in [-0.2, 0) is 16.1 Å². The second-order valence-corrected chi connectivity index (χ2v) is 7.70. The second kappa shape index (κ2) is 9.28. The van der Waals surface area contributed by atoms with Gasteiger partial charge < -0.3 is 9.64 Å². The van der Waals surface area contributed by atoms with Crippen LogP contribution in [0, 0.1) is 0 Å². The Labute approximate surface area is 192 Å². The molecule has 4 rings (SSSR count). The molecule has 2 amide bonds. The molecule has 0 aliphatic carbocycles. The second-order valence-electron chi connectivity index (χ2n) is 7.29. The van der Waals surface area contributed by atoms with E-state index >= 15 is 0 Å². The van der Waals surface area contributed by atoms with Gasteiger partial charge in [0.1, 0.15) is 11.4 Å². The molecule has 1 aliphatic heterocycles. The Balaban J connectivity index is 1.87. The lowest BCUT2D eigenvalue weighted by Crippen LogP contribution is -2.35. The summed E-state index contributed by atoms with van der Waals surface area (Å²) in [5.74, 6) is -0.199. The quantitative estimate of drug-likeness (QED) is 0.471. The summed E-state index contributed by atoms with van der Waals surface area (Å²) in [6.45, 7) is 2.55. The Morgan fingerprint density at radius 2 is 1.53 bits per heavy atom. The number of carbonyl (C=O) groups is 2. The van der Waals surface area contributed by atoms with Crippen molar-refractivity contribution in [1.82, 2.24) is 4.90 Å². The van der Waals surface area contributed by atoms with Crippen LogP contribution in [-0.4, -0.2) is 30.4 Å². The van der Waals surface area contributed by atoms with Gasteiger partial charge in [-0.05, 0) is 36.8 Å². The first-order valence-corrected chi connectivity index (χ1v) is 10.7. The van der Waals surface area contributed by atoms with Crippen LogP contribution in [0.25, 0.3) is 5.57 Å². The number of likely N-dealkylation sites (N-methyl/N-ethyl adjacent to an activating group) is 1. The van der Waals surface area contributed by atoms with Crippen molar-refractivity contribution in [2.24, 2.45) is 0 Å². The van der Waals surface area contributed by atoms with Gasteiger partial charge in [-0.1, -0.05) is 66.2 Å². The minimum absolute atomic E-state index is 0.0891. The van der Waals surface area contributed by atoms with Crippen molar-refractivity contribution in [3.8, 4) is 5.75 Å². The van der Waals surface area contributed by atoms with Gasteiger partial charge in [0.25, 0.3) is 11.8 Å². The zero-order chi connectivity index (χ0) is 22.7. The molecule has 0 saturated heterocycles. The summed E-state index contributed by atoms with van der Waals surface area (Å²) in [4.78, 5) is 30.5. The lowest BCUT2D eigenvalue weighted by molar-refractivity contribution is -0.137. The maximum absolute atomic E-state index is 13.7. The van der Waals surface area contributed by atoms with Gasteiger partial charge in [0.2, 0.25) is 0 Å². The molecule has 6 heteroatoms. The number of imide groups is 1. The van der Waals surface area contributed by atoms with Crippen molar-refractivity contribution in [2.75, 3.05) is 18.6 Å². The number of benzene rings is 3. The van der Waals surface area contributed by atoms with Crippen LogP contribution in [0.2, 0.25) is 5.02 Å². The molecule has 1 aliphatic rings. The maximum atomic E-state index is 13.7. The summed E-state index contributed by atoms with van der Waals surface area (Å²) >= 11 is 6.33. The fourth-order valence-electron chi connectivity index (χ4n) is 3.93. The number of ether oxygens (including phenoxy) is 1. The maximum Gasteiger partial charge on any atom is 0.278 e. The number of halogens is 1. The van der Waals surface area contributed by atoms with Crippen LogP contribution in [0.3, 0.4) is 0 Å². The van der Waals surface area contributed by atoms with Gasteiger partial charge in [-0.2, -0.15) is 0 Å². The highest BCUT2D eigenvalue weighted by molar-refractivity contribution is 6.37. The lowest BCUT2D eigenvalue weighted by atomic mass is 10.0. The molecule has 3 aromatic rings. The number of hydrogen-bond donors (Lipinski definition) is 0. The molecular formula is C26H23ClN2O3. The number of rotatable bonds is 7. The van der Waals surface area contributed by atoms with Crippen LogP contribution in [0.5, 0.6) is 5.75 Å². The van der Waals surface area contributed by atoms with Crippen LogP contribution in [0.4, 0.5) is 5.69 Å². The normalized spacial score (nSPS) is 13.7. The average Bonchev–Trinajstić information content (AvgIpc) is 3.06. The third-order valence-corrected chi connectivity index (χ3v) is 5.83. The van der Waals surface area contributed by atoms with E-state index in [1.807, 2.05) is 72.5 Å². The number of nitrogens with zero attached hydrogens (tertiary/aromatic N) is 2. The molecule has 0 bridgehead atoms. The summed E-state index contributed by atoms with van der Waals surface area (Å²) in [6, 6.07) is 24.0. The van der Waals surface area contributed by atoms with E-state index in [9.17, 15) is 9.59 Å². The van der Waals surface area contributed by atoms with Crippen LogP contribution >= 0.6 is 11.6 Å². The number of methoxy groups -OCH3 is 1. The highest BCUT2D eigenvalue weighted by Crippen LogP contribution is 2.38. The van der Waals surface area contributed by atoms with Gasteiger partial charge in [0, 0.05) is 22.8 Å². The minimum atomic E-state index is -0.371. The van der Waals surface area contributed by atoms with E-state index in [-0.39, 0.29) is 18.4 Å². The summed E-state index contributed by atoms with van der Waals surface area (Å²) < 4.78 is 5.53. The van der Waals surface area contributed by atoms with Gasteiger partial charge in [-0.25, -0.2) is 0 Å². The first kappa shape index (κ1) is 21.7. The molecule has 162 valence electrons. The van der Waals surface area contributed by atoms with Crippen molar-refractivity contribution in [3.63, 3.8) is 0 Å². The van der Waals surface area contributed by atoms with E-state index < -0.39 is 0 Å². The average molecular weight is 447 g/mol. The first-order valence-electron chi connectivity index (χ1n) is 10.4. The van der Waals surface area contributed by atoms with E-state index in [4.69, 9.17) is 16.3 Å². The Hall–Kier alpha value is -3.57. The molecule has 0 spiro atoms. The molecular weight excluding hydrogens is 424 g/mol. The van der Waals surface area contributed by atoms with Crippen molar-refractivity contribution in [3.05, 3.63) is 101 Å². The van der Waals surface area contributed by atoms with E-state index in [0.29, 0.717) is 39.7 Å². The van der Waals surface area contributed by atoms with Gasteiger partial charge in [-0.3, -0.25) is 14.5 Å². The van der Waals surface area contributed by atoms with Crippen molar-refractivity contribution < 1.29 is 14.3 Å². The molecule has 5 nitrogen and oxygen atoms in total. The standard InChI is InChI=1S/C26H23ClN2O3/c1-3-28(19-12-5-4-6-13-19)24-23(20-14-8-10-16-22(20)32-2)25(30)29(26(24)31)17-18-11-7-9-15-21(18)27/h4-16H,3,17H2,1-2H3. The largest absolute Gasteiger partial charge is 0.496 e. The molecule has 0 fully saturated rings. The molecule has 0 atom stereocenters. The predicted octanol–water partition coefficient (Wildman–Crippen LogP) is 5.16. The number of carbonyl (C=O) groups excluding carboxylic acids is 2. The summed E-state index contributed by atoms with van der Waals surface area (Å²) in [6.07, 6.45) is 0. The van der Waals surface area contributed by atoms with E-state index in [2.05, 4.69) is 0 Å².